The number of ether oxygens (including phenoxy) is 1. The highest BCUT2D eigenvalue weighted by molar-refractivity contribution is 6.00. The highest BCUT2D eigenvalue weighted by Crippen LogP contribution is 2.33. The summed E-state index contributed by atoms with van der Waals surface area (Å²) >= 11 is 0. The van der Waals surface area contributed by atoms with Gasteiger partial charge in [0.2, 0.25) is 0 Å². The molecule has 3 aromatic rings. The van der Waals surface area contributed by atoms with Crippen LogP contribution < -0.4 is 10.1 Å². The Labute approximate surface area is 156 Å². The molecule has 1 atom stereocenters. The molecule has 7 heteroatoms. The van der Waals surface area contributed by atoms with Gasteiger partial charge in [-0.2, -0.15) is 5.10 Å². The summed E-state index contributed by atoms with van der Waals surface area (Å²) in [4.78, 5) is 17.3. The van der Waals surface area contributed by atoms with E-state index < -0.39 is 0 Å². The average molecular weight is 368 g/mol. The lowest BCUT2D eigenvalue weighted by Gasteiger charge is -2.12. The van der Waals surface area contributed by atoms with Gasteiger partial charge in [0, 0.05) is 23.4 Å². The van der Waals surface area contributed by atoms with E-state index in [1.54, 1.807) is 10.6 Å². The molecule has 0 unspecified atom stereocenters. The maximum atomic E-state index is 13.5. The van der Waals surface area contributed by atoms with Gasteiger partial charge >= 0.3 is 0 Å². The molecule has 0 saturated heterocycles. The standard InChI is InChI=1S/C20H21FN4O2/c1-11-8-17(15-7-6-14(21)9-18(15)27-3)24-19-16(10-22-25(11)19)20(26)23-12(2)13-4-5-13/h6-10,12-13H,4-5H2,1-3H3,(H,23,26)/t12-/m0/s1. The first-order valence-electron chi connectivity index (χ1n) is 8.98. The van der Waals surface area contributed by atoms with E-state index in [0.717, 1.165) is 18.5 Å². The van der Waals surface area contributed by atoms with Gasteiger partial charge in [-0.3, -0.25) is 4.79 Å². The van der Waals surface area contributed by atoms with Crippen molar-refractivity contribution in [1.82, 2.24) is 19.9 Å². The van der Waals surface area contributed by atoms with Gasteiger partial charge in [0.25, 0.3) is 5.91 Å². The molecule has 1 aliphatic carbocycles. The number of rotatable bonds is 5. The summed E-state index contributed by atoms with van der Waals surface area (Å²) in [5.41, 5.74) is 2.96. The highest BCUT2D eigenvalue weighted by atomic mass is 19.1. The van der Waals surface area contributed by atoms with Crippen LogP contribution in [0.5, 0.6) is 5.75 Å². The molecule has 2 heterocycles. The van der Waals surface area contributed by atoms with Crippen LogP contribution in [0.15, 0.2) is 30.5 Å². The lowest BCUT2D eigenvalue weighted by atomic mass is 10.1. The van der Waals surface area contributed by atoms with Crippen LogP contribution in [0.1, 0.15) is 35.8 Å². The maximum absolute atomic E-state index is 13.5. The Hall–Kier alpha value is -2.96. The van der Waals surface area contributed by atoms with Crippen LogP contribution >= 0.6 is 0 Å². The SMILES string of the molecule is COc1cc(F)ccc1-c1cc(C)n2ncc(C(=O)N[C@@H](C)C3CC3)c2n1. The van der Waals surface area contributed by atoms with Crippen LogP contribution in [-0.2, 0) is 0 Å². The molecule has 140 valence electrons. The number of aryl methyl sites for hydroxylation is 1. The first-order valence-corrected chi connectivity index (χ1v) is 8.98. The van der Waals surface area contributed by atoms with Crippen LogP contribution in [0.2, 0.25) is 0 Å². The molecule has 1 saturated carbocycles. The van der Waals surface area contributed by atoms with E-state index >= 15 is 0 Å². The van der Waals surface area contributed by atoms with Gasteiger partial charge in [-0.1, -0.05) is 0 Å². The molecular weight excluding hydrogens is 347 g/mol. The van der Waals surface area contributed by atoms with Crippen LogP contribution in [-0.4, -0.2) is 33.7 Å². The third kappa shape index (κ3) is 3.25. The van der Waals surface area contributed by atoms with Crippen molar-refractivity contribution in [3.63, 3.8) is 0 Å². The van der Waals surface area contributed by atoms with E-state index in [1.165, 1.54) is 25.4 Å². The van der Waals surface area contributed by atoms with Gasteiger partial charge in [0.1, 0.15) is 17.1 Å². The number of methoxy groups -OCH3 is 1. The van der Waals surface area contributed by atoms with Gasteiger partial charge in [0.15, 0.2) is 5.65 Å². The molecular formula is C20H21FN4O2. The summed E-state index contributed by atoms with van der Waals surface area (Å²) < 4.78 is 20.5. The lowest BCUT2D eigenvalue weighted by Crippen LogP contribution is -2.34. The number of aromatic nitrogens is 3. The topological polar surface area (TPSA) is 68.5 Å². The Balaban J connectivity index is 1.77. The maximum Gasteiger partial charge on any atom is 0.256 e. The van der Waals surface area contributed by atoms with Crippen LogP contribution in [0.3, 0.4) is 0 Å². The van der Waals surface area contributed by atoms with Crippen molar-refractivity contribution >= 4 is 11.6 Å². The van der Waals surface area contributed by atoms with E-state index in [4.69, 9.17) is 4.74 Å². The summed E-state index contributed by atoms with van der Waals surface area (Å²) in [6.45, 7) is 3.91. The van der Waals surface area contributed by atoms with Gasteiger partial charge in [-0.15, -0.1) is 0 Å². The van der Waals surface area contributed by atoms with E-state index in [1.807, 2.05) is 19.9 Å². The zero-order valence-corrected chi connectivity index (χ0v) is 15.5. The quantitative estimate of drug-likeness (QED) is 0.750. The normalized spacial score (nSPS) is 15.0. The summed E-state index contributed by atoms with van der Waals surface area (Å²) in [6.07, 6.45) is 3.85. The number of hydrogen-bond acceptors (Lipinski definition) is 4. The fourth-order valence-electron chi connectivity index (χ4n) is 3.29. The van der Waals surface area contributed by atoms with E-state index in [0.29, 0.717) is 34.1 Å². The monoisotopic (exact) mass is 368 g/mol. The minimum atomic E-state index is -0.383. The number of halogens is 1. The number of amides is 1. The van der Waals surface area contributed by atoms with Crippen molar-refractivity contribution in [3.8, 4) is 17.0 Å². The van der Waals surface area contributed by atoms with Gasteiger partial charge in [-0.25, -0.2) is 13.9 Å². The van der Waals surface area contributed by atoms with Crippen molar-refractivity contribution in [2.45, 2.75) is 32.7 Å². The Morgan fingerprint density at radius 1 is 1.37 bits per heavy atom. The predicted octanol–water partition coefficient (Wildman–Crippen LogP) is 3.38. The largest absolute Gasteiger partial charge is 0.496 e. The molecule has 1 fully saturated rings. The molecule has 2 aromatic heterocycles. The molecule has 4 rings (SSSR count). The minimum Gasteiger partial charge on any atom is -0.496 e. The second kappa shape index (κ2) is 6.64. The number of nitrogens with one attached hydrogen (secondary N) is 1. The number of fused-ring (bicyclic) bond motifs is 1. The molecule has 0 aliphatic heterocycles. The predicted molar refractivity (Wildman–Crippen MR) is 99.3 cm³/mol. The number of benzene rings is 1. The van der Waals surface area contributed by atoms with Gasteiger partial charge in [0.05, 0.1) is 19.0 Å². The smallest absolute Gasteiger partial charge is 0.256 e. The first-order chi connectivity index (χ1) is 13.0. The molecule has 1 aromatic carbocycles. The summed E-state index contributed by atoms with van der Waals surface area (Å²) in [6, 6.07) is 6.27. The molecule has 0 bridgehead atoms. The van der Waals surface area contributed by atoms with Gasteiger partial charge < -0.3 is 10.1 Å². The fraction of sp³-hybridized carbons (Fsp3) is 0.350. The minimum absolute atomic E-state index is 0.133. The zero-order chi connectivity index (χ0) is 19.1. The number of carbonyl (C=O) groups excluding carboxylic acids is 1. The van der Waals surface area contributed by atoms with Crippen molar-refractivity contribution in [3.05, 3.63) is 47.5 Å². The van der Waals surface area contributed by atoms with Crippen molar-refractivity contribution < 1.29 is 13.9 Å². The van der Waals surface area contributed by atoms with Crippen molar-refractivity contribution in [2.75, 3.05) is 7.11 Å². The average Bonchev–Trinajstić information content (AvgIpc) is 3.41. The summed E-state index contributed by atoms with van der Waals surface area (Å²) in [5.74, 6) is 0.384. The third-order valence-corrected chi connectivity index (χ3v) is 5.02. The highest BCUT2D eigenvalue weighted by Gasteiger charge is 2.30. The Morgan fingerprint density at radius 3 is 2.85 bits per heavy atom. The van der Waals surface area contributed by atoms with Gasteiger partial charge in [-0.05, 0) is 50.8 Å². The molecule has 1 amide bonds. The zero-order valence-electron chi connectivity index (χ0n) is 15.5. The van der Waals surface area contributed by atoms with Crippen LogP contribution in [0.25, 0.3) is 16.9 Å². The molecule has 0 radical (unpaired) electrons. The third-order valence-electron chi connectivity index (χ3n) is 5.02. The molecule has 1 N–H and O–H groups in total. The number of nitrogens with zero attached hydrogens (tertiary/aromatic N) is 3. The number of hydrogen-bond donors (Lipinski definition) is 1. The Morgan fingerprint density at radius 2 is 2.15 bits per heavy atom. The Kier molecular flexibility index (Phi) is 4.30. The second-order valence-electron chi connectivity index (χ2n) is 7.02. The molecule has 0 spiro atoms. The summed E-state index contributed by atoms with van der Waals surface area (Å²) in [7, 11) is 1.49. The molecule has 6 nitrogen and oxygen atoms in total. The van der Waals surface area contributed by atoms with E-state index in [-0.39, 0.29) is 17.8 Å². The van der Waals surface area contributed by atoms with Crippen LogP contribution in [0, 0.1) is 18.7 Å². The first kappa shape index (κ1) is 17.5. The molecule has 1 aliphatic rings. The number of carbonyl (C=O) groups is 1. The van der Waals surface area contributed by atoms with Crippen LogP contribution in [0.4, 0.5) is 4.39 Å². The second-order valence-corrected chi connectivity index (χ2v) is 7.02. The van der Waals surface area contributed by atoms with Crippen molar-refractivity contribution in [2.24, 2.45) is 5.92 Å². The van der Waals surface area contributed by atoms with E-state index in [2.05, 4.69) is 15.4 Å². The Bertz CT molecular complexity index is 1030. The summed E-state index contributed by atoms with van der Waals surface area (Å²) in [5, 5.41) is 7.34. The van der Waals surface area contributed by atoms with Crippen molar-refractivity contribution in [1.29, 1.82) is 0 Å². The molecule has 27 heavy (non-hydrogen) atoms. The lowest BCUT2D eigenvalue weighted by molar-refractivity contribution is 0.0937. The van der Waals surface area contributed by atoms with E-state index in [9.17, 15) is 9.18 Å². The fourth-order valence-corrected chi connectivity index (χ4v) is 3.29.